The monoisotopic (exact) mass is 272 g/mol. The molecule has 3 rings (SSSR count). The summed E-state index contributed by atoms with van der Waals surface area (Å²) in [4.78, 5) is 12.0. The predicted octanol–water partition coefficient (Wildman–Crippen LogP) is 1.86. The minimum Gasteiger partial charge on any atom is -0.466 e. The highest BCUT2D eigenvalue weighted by atomic mass is 16.4. The summed E-state index contributed by atoms with van der Waals surface area (Å²) in [6, 6.07) is 7.24. The fraction of sp³-hybridized carbons (Fsp3) is 0.267. The number of hydrogen-bond acceptors (Lipinski definition) is 3. The average molecular weight is 272 g/mol. The van der Waals surface area contributed by atoms with Crippen LogP contribution in [0.5, 0.6) is 0 Å². The zero-order chi connectivity index (χ0) is 14.4. The SMILES string of the molecule is Cc1cc2c(cc1C(O)c1ccco1)n(C)c(=O)n2C. The minimum absolute atomic E-state index is 0.0796. The summed E-state index contributed by atoms with van der Waals surface area (Å²) in [6.07, 6.45) is 0.703. The van der Waals surface area contributed by atoms with E-state index in [9.17, 15) is 9.90 Å². The van der Waals surface area contributed by atoms with Crippen LogP contribution < -0.4 is 5.69 Å². The first kappa shape index (κ1) is 12.7. The summed E-state index contributed by atoms with van der Waals surface area (Å²) in [7, 11) is 3.47. The van der Waals surface area contributed by atoms with Crippen molar-refractivity contribution in [2.45, 2.75) is 13.0 Å². The van der Waals surface area contributed by atoms with Crippen LogP contribution in [0.3, 0.4) is 0 Å². The quantitative estimate of drug-likeness (QED) is 0.774. The maximum absolute atomic E-state index is 12.0. The Kier molecular flexibility index (Phi) is 2.79. The molecule has 0 aliphatic heterocycles. The topological polar surface area (TPSA) is 60.3 Å². The number of imidazole rings is 1. The molecule has 3 aromatic rings. The van der Waals surface area contributed by atoms with Crippen LogP contribution in [0.2, 0.25) is 0 Å². The third kappa shape index (κ3) is 1.71. The van der Waals surface area contributed by atoms with Crippen molar-refractivity contribution in [2.75, 3.05) is 0 Å². The minimum atomic E-state index is -0.829. The number of hydrogen-bond donors (Lipinski definition) is 1. The normalized spacial score (nSPS) is 13.0. The molecule has 0 aliphatic carbocycles. The Labute approximate surface area is 115 Å². The molecule has 5 nitrogen and oxygen atoms in total. The lowest BCUT2D eigenvalue weighted by Gasteiger charge is -2.12. The van der Waals surface area contributed by atoms with Gasteiger partial charge in [0.25, 0.3) is 0 Å². The van der Waals surface area contributed by atoms with Crippen molar-refractivity contribution in [1.29, 1.82) is 0 Å². The van der Waals surface area contributed by atoms with Gasteiger partial charge in [0.15, 0.2) is 0 Å². The molecule has 104 valence electrons. The second-order valence-corrected chi connectivity index (χ2v) is 5.02. The van der Waals surface area contributed by atoms with Gasteiger partial charge in [0.05, 0.1) is 17.3 Å². The number of rotatable bonds is 2. The van der Waals surface area contributed by atoms with E-state index in [0.717, 1.165) is 22.2 Å². The van der Waals surface area contributed by atoms with Gasteiger partial charge < -0.3 is 9.52 Å². The fourth-order valence-electron chi connectivity index (χ4n) is 2.56. The van der Waals surface area contributed by atoms with Crippen LogP contribution in [0.4, 0.5) is 0 Å². The number of benzene rings is 1. The van der Waals surface area contributed by atoms with Gasteiger partial charge in [-0.1, -0.05) is 0 Å². The summed E-state index contributed by atoms with van der Waals surface area (Å²) >= 11 is 0. The van der Waals surface area contributed by atoms with E-state index in [-0.39, 0.29) is 5.69 Å². The number of furan rings is 1. The van der Waals surface area contributed by atoms with Crippen LogP contribution in [0.25, 0.3) is 11.0 Å². The molecule has 20 heavy (non-hydrogen) atoms. The summed E-state index contributed by atoms with van der Waals surface area (Å²) in [5.41, 5.74) is 3.23. The summed E-state index contributed by atoms with van der Waals surface area (Å²) in [5.74, 6) is 0.494. The van der Waals surface area contributed by atoms with Crippen LogP contribution in [-0.2, 0) is 14.1 Å². The average Bonchev–Trinajstić information content (AvgIpc) is 3.03. The molecule has 1 aromatic carbocycles. The van der Waals surface area contributed by atoms with Crippen molar-refractivity contribution in [2.24, 2.45) is 14.1 Å². The largest absolute Gasteiger partial charge is 0.466 e. The standard InChI is InChI=1S/C15H16N2O3/c1-9-7-11-12(17(3)15(19)16(11)2)8-10(9)14(18)13-5-4-6-20-13/h4-8,14,18H,1-3H3. The second kappa shape index (κ2) is 4.38. The van der Waals surface area contributed by atoms with Crippen molar-refractivity contribution in [1.82, 2.24) is 9.13 Å². The molecule has 2 heterocycles. The number of aromatic nitrogens is 2. The molecule has 0 bridgehead atoms. The molecular weight excluding hydrogens is 256 g/mol. The maximum Gasteiger partial charge on any atom is 0.328 e. The third-order valence-corrected chi connectivity index (χ3v) is 3.77. The molecule has 1 N–H and O–H groups in total. The van der Waals surface area contributed by atoms with E-state index in [2.05, 4.69) is 0 Å². The van der Waals surface area contributed by atoms with Gasteiger partial charge in [-0.3, -0.25) is 9.13 Å². The molecule has 0 aliphatic rings. The van der Waals surface area contributed by atoms with E-state index in [1.165, 1.54) is 6.26 Å². The van der Waals surface area contributed by atoms with E-state index in [1.54, 1.807) is 35.4 Å². The van der Waals surface area contributed by atoms with E-state index in [1.807, 2.05) is 19.1 Å². The molecule has 0 spiro atoms. The van der Waals surface area contributed by atoms with Crippen LogP contribution in [-0.4, -0.2) is 14.2 Å². The van der Waals surface area contributed by atoms with E-state index in [0.29, 0.717) is 5.76 Å². The van der Waals surface area contributed by atoms with E-state index in [4.69, 9.17) is 4.42 Å². The number of nitrogens with zero attached hydrogens (tertiary/aromatic N) is 2. The number of aliphatic hydroxyl groups excluding tert-OH is 1. The Morgan fingerprint density at radius 3 is 2.45 bits per heavy atom. The van der Waals surface area contributed by atoms with Gasteiger partial charge >= 0.3 is 5.69 Å². The zero-order valence-electron chi connectivity index (χ0n) is 11.6. The molecule has 5 heteroatoms. The molecule has 1 atom stereocenters. The summed E-state index contributed by atoms with van der Waals surface area (Å²) < 4.78 is 8.43. The zero-order valence-corrected chi connectivity index (χ0v) is 11.6. The summed E-state index contributed by atoms with van der Waals surface area (Å²) in [6.45, 7) is 1.92. The molecule has 0 radical (unpaired) electrons. The number of fused-ring (bicyclic) bond motifs is 1. The lowest BCUT2D eigenvalue weighted by atomic mass is 10.0. The molecule has 2 aromatic heterocycles. The molecule has 1 unspecified atom stereocenters. The highest BCUT2D eigenvalue weighted by Gasteiger charge is 2.18. The van der Waals surface area contributed by atoms with Gasteiger partial charge in [-0.2, -0.15) is 0 Å². The summed E-state index contributed by atoms with van der Waals surface area (Å²) in [5, 5.41) is 10.4. The Balaban J connectivity index is 2.25. The van der Waals surface area contributed by atoms with E-state index >= 15 is 0 Å². The highest BCUT2D eigenvalue weighted by molar-refractivity contribution is 5.78. The predicted molar refractivity (Wildman–Crippen MR) is 75.7 cm³/mol. The lowest BCUT2D eigenvalue weighted by Crippen LogP contribution is -2.19. The molecule has 0 saturated heterocycles. The number of aryl methyl sites for hydroxylation is 3. The first-order valence-corrected chi connectivity index (χ1v) is 6.38. The van der Waals surface area contributed by atoms with Crippen molar-refractivity contribution in [3.8, 4) is 0 Å². The van der Waals surface area contributed by atoms with Crippen LogP contribution in [0, 0.1) is 6.92 Å². The number of aliphatic hydroxyl groups is 1. The highest BCUT2D eigenvalue weighted by Crippen LogP contribution is 2.28. The molecular formula is C15H16N2O3. The second-order valence-electron chi connectivity index (χ2n) is 5.02. The Hall–Kier alpha value is -2.27. The molecule has 0 amide bonds. The fourth-order valence-corrected chi connectivity index (χ4v) is 2.56. The van der Waals surface area contributed by atoms with Gasteiger partial charge in [0.2, 0.25) is 0 Å². The van der Waals surface area contributed by atoms with Crippen LogP contribution >= 0.6 is 0 Å². The van der Waals surface area contributed by atoms with Gasteiger partial charge in [-0.15, -0.1) is 0 Å². The third-order valence-electron chi connectivity index (χ3n) is 3.77. The van der Waals surface area contributed by atoms with Gasteiger partial charge in [-0.25, -0.2) is 4.79 Å². The first-order valence-electron chi connectivity index (χ1n) is 6.38. The van der Waals surface area contributed by atoms with Crippen molar-refractivity contribution >= 4 is 11.0 Å². The Morgan fingerprint density at radius 1 is 1.20 bits per heavy atom. The van der Waals surface area contributed by atoms with Crippen LogP contribution in [0.15, 0.2) is 39.7 Å². The van der Waals surface area contributed by atoms with E-state index < -0.39 is 6.10 Å². The smallest absolute Gasteiger partial charge is 0.328 e. The molecule has 0 saturated carbocycles. The molecule has 0 fully saturated rings. The first-order chi connectivity index (χ1) is 9.50. The van der Waals surface area contributed by atoms with Crippen molar-refractivity contribution in [3.05, 3.63) is 57.9 Å². The van der Waals surface area contributed by atoms with Gasteiger partial charge in [0.1, 0.15) is 11.9 Å². The van der Waals surface area contributed by atoms with Crippen molar-refractivity contribution in [3.63, 3.8) is 0 Å². The lowest BCUT2D eigenvalue weighted by molar-refractivity contribution is 0.189. The Morgan fingerprint density at radius 2 is 1.85 bits per heavy atom. The Bertz CT molecular complexity index is 825. The van der Waals surface area contributed by atoms with Crippen LogP contribution in [0.1, 0.15) is 23.0 Å². The van der Waals surface area contributed by atoms with Gasteiger partial charge in [-0.05, 0) is 42.3 Å². The maximum atomic E-state index is 12.0. The van der Waals surface area contributed by atoms with Gasteiger partial charge in [0, 0.05) is 14.1 Å². The van der Waals surface area contributed by atoms with Crippen molar-refractivity contribution < 1.29 is 9.52 Å².